The summed E-state index contributed by atoms with van der Waals surface area (Å²) in [5.41, 5.74) is 5.73. The van der Waals surface area contributed by atoms with E-state index in [1.807, 2.05) is 24.3 Å². The van der Waals surface area contributed by atoms with Crippen molar-refractivity contribution in [2.24, 2.45) is 4.99 Å². The molecule has 1 amide bonds. The van der Waals surface area contributed by atoms with E-state index in [1.165, 1.54) is 16.7 Å². The number of hydrogen-bond donors (Lipinski definition) is 3. The highest BCUT2D eigenvalue weighted by molar-refractivity contribution is 5.94. The summed E-state index contributed by atoms with van der Waals surface area (Å²) in [5, 5.41) is 9.36. The summed E-state index contributed by atoms with van der Waals surface area (Å²) in [6.07, 6.45) is 1.75. The fourth-order valence-corrected chi connectivity index (χ4v) is 3.19. The van der Waals surface area contributed by atoms with Crippen molar-refractivity contribution in [1.82, 2.24) is 16.0 Å². The van der Waals surface area contributed by atoms with Gasteiger partial charge in [-0.25, -0.2) is 0 Å². The van der Waals surface area contributed by atoms with Crippen LogP contribution in [0.4, 0.5) is 0 Å². The van der Waals surface area contributed by atoms with E-state index in [9.17, 15) is 4.79 Å². The van der Waals surface area contributed by atoms with Crippen LogP contribution in [0, 0.1) is 13.8 Å². The van der Waals surface area contributed by atoms with E-state index in [-0.39, 0.29) is 5.91 Å². The molecule has 0 saturated carbocycles. The molecular formula is C23H32N4O. The number of guanidine groups is 1. The maximum atomic E-state index is 11.8. The summed E-state index contributed by atoms with van der Waals surface area (Å²) in [6.45, 7) is 8.65. The molecule has 2 aromatic carbocycles. The minimum absolute atomic E-state index is 0.0632. The predicted octanol–water partition coefficient (Wildman–Crippen LogP) is 3.00. The van der Waals surface area contributed by atoms with Crippen LogP contribution in [-0.4, -0.2) is 38.5 Å². The Morgan fingerprint density at radius 3 is 2.39 bits per heavy atom. The standard InChI is InChI=1S/C23H32N4O/c1-5-25-23(27-12-10-20-14-17(2)13-18(3)15-20)26-11-9-19-7-6-8-21(16-19)22(28)24-4/h6-8,13-16H,5,9-12H2,1-4H3,(H,24,28)(H2,25,26,27). The molecule has 0 aliphatic carbocycles. The first-order valence-electron chi connectivity index (χ1n) is 9.92. The molecule has 0 unspecified atom stereocenters. The minimum atomic E-state index is -0.0632. The Balaban J connectivity index is 1.88. The van der Waals surface area contributed by atoms with Gasteiger partial charge in [-0.1, -0.05) is 41.5 Å². The molecule has 0 aromatic heterocycles. The molecule has 0 spiro atoms. The minimum Gasteiger partial charge on any atom is -0.357 e. The van der Waals surface area contributed by atoms with Crippen LogP contribution >= 0.6 is 0 Å². The van der Waals surface area contributed by atoms with Crippen LogP contribution in [0.15, 0.2) is 47.5 Å². The number of hydrogen-bond acceptors (Lipinski definition) is 2. The molecule has 2 aromatic rings. The number of aliphatic imine (C=N–C) groups is 1. The zero-order chi connectivity index (χ0) is 20.4. The molecule has 0 aliphatic heterocycles. The summed E-state index contributed by atoms with van der Waals surface area (Å²) in [5.74, 6) is 0.765. The summed E-state index contributed by atoms with van der Waals surface area (Å²) in [7, 11) is 1.64. The number of benzene rings is 2. The van der Waals surface area contributed by atoms with Crippen LogP contribution in [0.25, 0.3) is 0 Å². The monoisotopic (exact) mass is 380 g/mol. The second kappa shape index (κ2) is 11.1. The van der Waals surface area contributed by atoms with Crippen LogP contribution in [0.3, 0.4) is 0 Å². The third-order valence-corrected chi connectivity index (χ3v) is 4.42. The van der Waals surface area contributed by atoms with Gasteiger partial charge >= 0.3 is 0 Å². The molecular weight excluding hydrogens is 348 g/mol. The summed E-state index contributed by atoms with van der Waals surface area (Å²) < 4.78 is 0. The quantitative estimate of drug-likeness (QED) is 0.487. The number of amides is 1. The van der Waals surface area contributed by atoms with Gasteiger partial charge in [0.05, 0.1) is 0 Å². The van der Waals surface area contributed by atoms with Crippen molar-refractivity contribution >= 4 is 11.9 Å². The molecule has 28 heavy (non-hydrogen) atoms. The molecule has 0 aliphatic rings. The average molecular weight is 381 g/mol. The second-order valence-electron chi connectivity index (χ2n) is 6.96. The third-order valence-electron chi connectivity index (χ3n) is 4.42. The van der Waals surface area contributed by atoms with Gasteiger partial charge in [0.1, 0.15) is 0 Å². The van der Waals surface area contributed by atoms with Crippen molar-refractivity contribution < 1.29 is 4.79 Å². The van der Waals surface area contributed by atoms with E-state index in [2.05, 4.69) is 59.9 Å². The number of nitrogens with zero attached hydrogens (tertiary/aromatic N) is 1. The Kier molecular flexibility index (Phi) is 8.53. The van der Waals surface area contributed by atoms with Gasteiger partial charge in [0.2, 0.25) is 0 Å². The number of aryl methyl sites for hydroxylation is 2. The number of nitrogens with one attached hydrogen (secondary N) is 3. The molecule has 0 fully saturated rings. The molecule has 5 heteroatoms. The van der Waals surface area contributed by atoms with Crippen molar-refractivity contribution in [2.45, 2.75) is 33.6 Å². The van der Waals surface area contributed by atoms with Crippen LogP contribution in [-0.2, 0) is 12.8 Å². The fraction of sp³-hybridized carbons (Fsp3) is 0.391. The van der Waals surface area contributed by atoms with E-state index in [0.29, 0.717) is 12.1 Å². The Morgan fingerprint density at radius 1 is 0.964 bits per heavy atom. The van der Waals surface area contributed by atoms with Crippen molar-refractivity contribution in [3.8, 4) is 0 Å². The highest BCUT2D eigenvalue weighted by Gasteiger charge is 2.04. The lowest BCUT2D eigenvalue weighted by Crippen LogP contribution is -2.38. The van der Waals surface area contributed by atoms with E-state index in [1.54, 1.807) is 7.05 Å². The van der Waals surface area contributed by atoms with Gasteiger partial charge in [-0.3, -0.25) is 9.79 Å². The first-order valence-corrected chi connectivity index (χ1v) is 9.92. The Labute approximate surface area is 168 Å². The lowest BCUT2D eigenvalue weighted by atomic mass is 10.1. The Morgan fingerprint density at radius 2 is 1.71 bits per heavy atom. The number of carbonyl (C=O) groups excluding carboxylic acids is 1. The summed E-state index contributed by atoms with van der Waals surface area (Å²) in [4.78, 5) is 16.4. The highest BCUT2D eigenvalue weighted by atomic mass is 16.1. The lowest BCUT2D eigenvalue weighted by Gasteiger charge is -2.12. The Bertz CT molecular complexity index is 794. The Hall–Kier alpha value is -2.82. The topological polar surface area (TPSA) is 65.5 Å². The molecule has 0 atom stereocenters. The zero-order valence-electron chi connectivity index (χ0n) is 17.4. The first kappa shape index (κ1) is 21.5. The summed E-state index contributed by atoms with van der Waals surface area (Å²) in [6, 6.07) is 14.4. The fourth-order valence-electron chi connectivity index (χ4n) is 3.19. The van der Waals surface area contributed by atoms with Crippen molar-refractivity contribution in [3.05, 3.63) is 70.3 Å². The molecule has 150 valence electrons. The van der Waals surface area contributed by atoms with Gasteiger partial charge < -0.3 is 16.0 Å². The molecule has 0 radical (unpaired) electrons. The van der Waals surface area contributed by atoms with Crippen LogP contribution < -0.4 is 16.0 Å². The van der Waals surface area contributed by atoms with Gasteiger partial charge in [-0.15, -0.1) is 0 Å². The predicted molar refractivity (Wildman–Crippen MR) is 117 cm³/mol. The van der Waals surface area contributed by atoms with Crippen molar-refractivity contribution in [1.29, 1.82) is 0 Å². The number of carbonyl (C=O) groups is 1. The summed E-state index contributed by atoms with van der Waals surface area (Å²) >= 11 is 0. The normalized spacial score (nSPS) is 11.2. The maximum absolute atomic E-state index is 11.8. The van der Waals surface area contributed by atoms with Gasteiger partial charge in [0.25, 0.3) is 5.91 Å². The van der Waals surface area contributed by atoms with Crippen LogP contribution in [0.5, 0.6) is 0 Å². The van der Waals surface area contributed by atoms with Gasteiger partial charge in [-0.2, -0.15) is 0 Å². The highest BCUT2D eigenvalue weighted by Crippen LogP contribution is 2.09. The molecule has 5 nitrogen and oxygen atoms in total. The molecule has 0 saturated heterocycles. The van der Waals surface area contributed by atoms with Crippen LogP contribution in [0.1, 0.15) is 39.5 Å². The molecule has 0 heterocycles. The third kappa shape index (κ3) is 7.06. The van der Waals surface area contributed by atoms with Crippen molar-refractivity contribution in [3.63, 3.8) is 0 Å². The molecule has 0 bridgehead atoms. The van der Waals surface area contributed by atoms with Crippen LogP contribution in [0.2, 0.25) is 0 Å². The number of rotatable bonds is 8. The SMILES string of the molecule is CCNC(=NCCc1cccc(C(=O)NC)c1)NCCc1cc(C)cc(C)c1. The average Bonchev–Trinajstić information content (AvgIpc) is 2.67. The van der Waals surface area contributed by atoms with Gasteiger partial charge in [-0.05, 0) is 56.9 Å². The lowest BCUT2D eigenvalue weighted by molar-refractivity contribution is 0.0963. The smallest absolute Gasteiger partial charge is 0.251 e. The van der Waals surface area contributed by atoms with E-state index < -0.39 is 0 Å². The van der Waals surface area contributed by atoms with Gasteiger partial charge in [0, 0.05) is 32.2 Å². The van der Waals surface area contributed by atoms with E-state index >= 15 is 0 Å². The largest absolute Gasteiger partial charge is 0.357 e. The second-order valence-corrected chi connectivity index (χ2v) is 6.96. The van der Waals surface area contributed by atoms with Gasteiger partial charge in [0.15, 0.2) is 5.96 Å². The molecule has 3 N–H and O–H groups in total. The zero-order valence-corrected chi connectivity index (χ0v) is 17.4. The van der Waals surface area contributed by atoms with Crippen molar-refractivity contribution in [2.75, 3.05) is 26.7 Å². The molecule has 2 rings (SSSR count). The van der Waals surface area contributed by atoms with E-state index in [4.69, 9.17) is 0 Å². The maximum Gasteiger partial charge on any atom is 0.251 e. The first-order chi connectivity index (χ1) is 13.5. The van der Waals surface area contributed by atoms with E-state index in [0.717, 1.165) is 37.5 Å².